The number of hydrogen-bond donors (Lipinski definition) is 1. The molecule has 2 aliphatic heterocycles. The van der Waals surface area contributed by atoms with Crippen molar-refractivity contribution in [2.75, 3.05) is 51.1 Å². The van der Waals surface area contributed by atoms with Gasteiger partial charge in [-0.3, -0.25) is 19.5 Å². The highest BCUT2D eigenvalue weighted by Crippen LogP contribution is 2.15. The molecular weight excluding hydrogens is 386 g/mol. The first kappa shape index (κ1) is 21.5. The Morgan fingerprint density at radius 2 is 1.29 bits per heavy atom. The van der Waals surface area contributed by atoms with Gasteiger partial charge in [-0.1, -0.05) is 24.3 Å². The Labute approximate surface area is 185 Å². The molecule has 162 valence electrons. The van der Waals surface area contributed by atoms with E-state index in [1.54, 1.807) is 0 Å². The van der Waals surface area contributed by atoms with Crippen molar-refractivity contribution < 1.29 is 4.79 Å². The molecule has 31 heavy (non-hydrogen) atoms. The molecule has 2 aromatic rings. The monoisotopic (exact) mass is 417 g/mol. The summed E-state index contributed by atoms with van der Waals surface area (Å²) in [4.78, 5) is 19.6. The molecule has 0 atom stereocenters. The van der Waals surface area contributed by atoms with Gasteiger partial charge in [0.1, 0.15) is 0 Å². The molecular formula is C25H31N5O. The first-order valence-electron chi connectivity index (χ1n) is 11.2. The van der Waals surface area contributed by atoms with Gasteiger partial charge in [-0.15, -0.1) is 0 Å². The highest BCUT2D eigenvalue weighted by atomic mass is 16.2. The summed E-state index contributed by atoms with van der Waals surface area (Å²) < 4.78 is 0. The summed E-state index contributed by atoms with van der Waals surface area (Å²) in [6, 6.07) is 18.2. The minimum atomic E-state index is 0.0489. The van der Waals surface area contributed by atoms with Gasteiger partial charge in [-0.2, -0.15) is 5.26 Å². The minimum Gasteiger partial charge on any atom is -0.325 e. The number of carbonyl (C=O) groups is 1. The van der Waals surface area contributed by atoms with Gasteiger partial charge in [-0.25, -0.2) is 0 Å². The van der Waals surface area contributed by atoms with E-state index < -0.39 is 0 Å². The number of anilines is 1. The molecule has 0 spiro atoms. The Morgan fingerprint density at radius 1 is 0.774 bits per heavy atom. The van der Waals surface area contributed by atoms with Crippen LogP contribution in [0.5, 0.6) is 0 Å². The quantitative estimate of drug-likeness (QED) is 0.751. The number of likely N-dealkylation sites (tertiary alicyclic amines) is 1. The van der Waals surface area contributed by atoms with Crippen LogP contribution in [0.2, 0.25) is 0 Å². The molecule has 1 N–H and O–H groups in total. The van der Waals surface area contributed by atoms with Crippen molar-refractivity contribution in [3.63, 3.8) is 0 Å². The van der Waals surface area contributed by atoms with Crippen LogP contribution in [0, 0.1) is 11.3 Å². The lowest BCUT2D eigenvalue weighted by Gasteiger charge is -2.34. The van der Waals surface area contributed by atoms with Crippen LogP contribution < -0.4 is 5.32 Å². The normalized spacial score (nSPS) is 18.0. The maximum Gasteiger partial charge on any atom is 0.238 e. The van der Waals surface area contributed by atoms with E-state index in [2.05, 4.69) is 38.2 Å². The van der Waals surface area contributed by atoms with E-state index in [-0.39, 0.29) is 5.91 Å². The van der Waals surface area contributed by atoms with Gasteiger partial charge in [0.25, 0.3) is 0 Å². The zero-order valence-corrected chi connectivity index (χ0v) is 18.1. The maximum absolute atomic E-state index is 12.5. The van der Waals surface area contributed by atoms with Gasteiger partial charge in [0.15, 0.2) is 0 Å². The lowest BCUT2D eigenvalue weighted by molar-refractivity contribution is -0.117. The van der Waals surface area contributed by atoms with Gasteiger partial charge in [0, 0.05) is 45.0 Å². The van der Waals surface area contributed by atoms with Gasteiger partial charge in [0.05, 0.1) is 18.2 Å². The van der Waals surface area contributed by atoms with Crippen LogP contribution in [0.4, 0.5) is 5.69 Å². The number of nitriles is 1. The van der Waals surface area contributed by atoms with Crippen molar-refractivity contribution in [1.82, 2.24) is 14.7 Å². The third-order valence-electron chi connectivity index (χ3n) is 6.16. The smallest absolute Gasteiger partial charge is 0.238 e. The zero-order valence-electron chi connectivity index (χ0n) is 18.1. The number of carbonyl (C=O) groups excluding carboxylic acids is 1. The summed E-state index contributed by atoms with van der Waals surface area (Å²) in [5.41, 5.74) is 4.09. The Morgan fingerprint density at radius 3 is 1.87 bits per heavy atom. The number of piperazine rings is 1. The third-order valence-corrected chi connectivity index (χ3v) is 6.16. The van der Waals surface area contributed by atoms with Gasteiger partial charge < -0.3 is 5.32 Å². The van der Waals surface area contributed by atoms with Crippen LogP contribution >= 0.6 is 0 Å². The van der Waals surface area contributed by atoms with E-state index in [0.717, 1.165) is 45.0 Å². The third kappa shape index (κ3) is 6.38. The Bertz CT molecular complexity index is 889. The number of hydrogen-bond acceptors (Lipinski definition) is 5. The zero-order chi connectivity index (χ0) is 21.5. The van der Waals surface area contributed by atoms with Crippen LogP contribution in [0.25, 0.3) is 0 Å². The fourth-order valence-corrected chi connectivity index (χ4v) is 4.34. The number of benzene rings is 2. The Kier molecular flexibility index (Phi) is 7.31. The van der Waals surface area contributed by atoms with E-state index in [0.29, 0.717) is 12.1 Å². The van der Waals surface area contributed by atoms with E-state index in [1.165, 1.54) is 37.1 Å². The fraction of sp³-hybridized carbons (Fsp3) is 0.440. The SMILES string of the molecule is N#Cc1ccc(CN2CCN(CC(=O)Nc3ccc(CN4CCCC4)cc3)CC2)cc1. The number of rotatable bonds is 7. The molecule has 6 nitrogen and oxygen atoms in total. The van der Waals surface area contributed by atoms with Gasteiger partial charge >= 0.3 is 0 Å². The predicted molar refractivity (Wildman–Crippen MR) is 122 cm³/mol. The van der Waals surface area contributed by atoms with Gasteiger partial charge in [0.2, 0.25) is 5.91 Å². The van der Waals surface area contributed by atoms with E-state index in [1.807, 2.05) is 36.4 Å². The van der Waals surface area contributed by atoms with Crippen LogP contribution in [-0.2, 0) is 17.9 Å². The average Bonchev–Trinajstić information content (AvgIpc) is 3.30. The second-order valence-corrected chi connectivity index (χ2v) is 8.59. The molecule has 2 aromatic carbocycles. The van der Waals surface area contributed by atoms with Gasteiger partial charge in [-0.05, 0) is 61.3 Å². The highest BCUT2D eigenvalue weighted by Gasteiger charge is 2.19. The first-order valence-corrected chi connectivity index (χ1v) is 11.2. The molecule has 1 amide bonds. The van der Waals surface area contributed by atoms with E-state index >= 15 is 0 Å². The minimum absolute atomic E-state index is 0.0489. The molecule has 2 aliphatic rings. The molecule has 0 saturated carbocycles. The largest absolute Gasteiger partial charge is 0.325 e. The molecule has 0 aliphatic carbocycles. The highest BCUT2D eigenvalue weighted by molar-refractivity contribution is 5.92. The molecule has 6 heteroatoms. The van der Waals surface area contributed by atoms with Crippen molar-refractivity contribution >= 4 is 11.6 Å². The van der Waals surface area contributed by atoms with Crippen LogP contribution in [0.15, 0.2) is 48.5 Å². The second kappa shape index (κ2) is 10.5. The number of nitrogens with zero attached hydrogens (tertiary/aromatic N) is 4. The first-order chi connectivity index (χ1) is 15.2. The topological polar surface area (TPSA) is 62.6 Å². The average molecular weight is 418 g/mol. The van der Waals surface area contributed by atoms with E-state index in [9.17, 15) is 4.79 Å². The van der Waals surface area contributed by atoms with Crippen LogP contribution in [-0.4, -0.2) is 66.4 Å². The molecule has 2 heterocycles. The summed E-state index contributed by atoms with van der Waals surface area (Å²) in [6.07, 6.45) is 2.61. The summed E-state index contributed by atoms with van der Waals surface area (Å²) in [5, 5.41) is 11.9. The molecule has 0 bridgehead atoms. The maximum atomic E-state index is 12.5. The van der Waals surface area contributed by atoms with Crippen LogP contribution in [0.1, 0.15) is 29.5 Å². The van der Waals surface area contributed by atoms with Crippen molar-refractivity contribution in [3.8, 4) is 6.07 Å². The lowest BCUT2D eigenvalue weighted by atomic mass is 10.1. The molecule has 4 rings (SSSR count). The predicted octanol–water partition coefficient (Wildman–Crippen LogP) is 2.91. The van der Waals surface area contributed by atoms with Crippen LogP contribution in [0.3, 0.4) is 0 Å². The Hall–Kier alpha value is -2.72. The molecule has 2 fully saturated rings. The van der Waals surface area contributed by atoms with Crippen molar-refractivity contribution in [2.24, 2.45) is 0 Å². The summed E-state index contributed by atoms with van der Waals surface area (Å²) in [7, 11) is 0. The number of nitrogens with one attached hydrogen (secondary N) is 1. The summed E-state index contributed by atoms with van der Waals surface area (Å²) >= 11 is 0. The van der Waals surface area contributed by atoms with E-state index in [4.69, 9.17) is 5.26 Å². The standard InChI is InChI=1S/C25H31N5O/c26-17-21-3-5-22(6-4-21)19-29-13-15-30(16-14-29)20-25(31)27-24-9-7-23(8-10-24)18-28-11-1-2-12-28/h3-10H,1-2,11-16,18-20H2,(H,27,31). The Balaban J connectivity index is 1.18. The number of amides is 1. The summed E-state index contributed by atoms with van der Waals surface area (Å²) in [6.45, 7) is 8.36. The molecule has 0 aromatic heterocycles. The van der Waals surface area contributed by atoms with Crippen molar-refractivity contribution in [1.29, 1.82) is 5.26 Å². The van der Waals surface area contributed by atoms with Crippen molar-refractivity contribution in [3.05, 3.63) is 65.2 Å². The molecule has 2 saturated heterocycles. The molecule has 0 radical (unpaired) electrons. The lowest BCUT2D eigenvalue weighted by Crippen LogP contribution is -2.48. The van der Waals surface area contributed by atoms with Crippen molar-refractivity contribution in [2.45, 2.75) is 25.9 Å². The summed E-state index contributed by atoms with van der Waals surface area (Å²) in [5.74, 6) is 0.0489. The second-order valence-electron chi connectivity index (χ2n) is 8.59. The molecule has 0 unspecified atom stereocenters. The fourth-order valence-electron chi connectivity index (χ4n) is 4.34.